The molecule has 0 saturated carbocycles. The minimum Gasteiger partial charge on any atom is -0.465 e. The normalized spacial score (nSPS) is 19.7. The number of carboxylic acid groups (broad SMARTS) is 1. The van der Waals surface area contributed by atoms with Crippen molar-refractivity contribution in [2.75, 3.05) is 62.7 Å². The summed E-state index contributed by atoms with van der Waals surface area (Å²) in [6, 6.07) is 7.56. The van der Waals surface area contributed by atoms with Crippen LogP contribution in [0.25, 0.3) is 11.1 Å². The molecule has 1 aliphatic carbocycles. The number of ketones is 1. The number of rotatable bonds is 3. The molecule has 0 radical (unpaired) electrons. The Morgan fingerprint density at radius 1 is 1.03 bits per heavy atom. The maximum atomic E-state index is 13.1. The number of morpholine rings is 1. The number of fused-ring (bicyclic) bond motifs is 1. The zero-order valence-electron chi connectivity index (χ0n) is 20.7. The van der Waals surface area contributed by atoms with E-state index in [1.807, 2.05) is 24.3 Å². The average Bonchev–Trinajstić information content (AvgIpc) is 3.23. The number of nitrogens with zero attached hydrogens (tertiary/aromatic N) is 3. The second-order valence-electron chi connectivity index (χ2n) is 10.4. The van der Waals surface area contributed by atoms with Crippen molar-refractivity contribution in [3.05, 3.63) is 34.7 Å². The van der Waals surface area contributed by atoms with Gasteiger partial charge in [-0.25, -0.2) is 9.59 Å². The number of piperazine rings is 1. The van der Waals surface area contributed by atoms with Gasteiger partial charge in [0.2, 0.25) is 0 Å². The lowest BCUT2D eigenvalue weighted by Crippen LogP contribution is -2.51. The number of carbonyl (C=O) groups excluding carboxylic acids is 2. The van der Waals surface area contributed by atoms with Gasteiger partial charge in [-0.3, -0.25) is 4.79 Å². The van der Waals surface area contributed by atoms with E-state index in [-0.39, 0.29) is 17.2 Å². The number of nitrogens with one attached hydrogen (secondary N) is 1. The minimum absolute atomic E-state index is 0.105. The summed E-state index contributed by atoms with van der Waals surface area (Å²) in [5, 5.41) is 13.2. The van der Waals surface area contributed by atoms with E-state index in [4.69, 9.17) is 9.84 Å². The van der Waals surface area contributed by atoms with Crippen molar-refractivity contribution in [3.8, 4) is 11.1 Å². The summed E-state index contributed by atoms with van der Waals surface area (Å²) in [6.45, 7) is 8.48. The molecule has 5 rings (SSSR count). The lowest BCUT2D eigenvalue weighted by Gasteiger charge is -2.33. The van der Waals surface area contributed by atoms with Crippen molar-refractivity contribution < 1.29 is 24.2 Å². The van der Waals surface area contributed by atoms with Crippen LogP contribution in [0.4, 0.5) is 20.3 Å². The fourth-order valence-electron chi connectivity index (χ4n) is 5.24. The van der Waals surface area contributed by atoms with Crippen LogP contribution < -0.4 is 10.2 Å². The molecule has 36 heavy (non-hydrogen) atoms. The second kappa shape index (κ2) is 9.74. The topological polar surface area (TPSA) is 102 Å². The highest BCUT2D eigenvalue weighted by Crippen LogP contribution is 2.49. The Hall–Kier alpha value is -3.11. The molecule has 3 heterocycles. The van der Waals surface area contributed by atoms with Crippen LogP contribution in [0.2, 0.25) is 0 Å². The summed E-state index contributed by atoms with van der Waals surface area (Å²) in [7, 11) is 0. The van der Waals surface area contributed by atoms with Gasteiger partial charge in [0.15, 0.2) is 5.78 Å². The molecule has 2 N–H and O–H groups in total. The van der Waals surface area contributed by atoms with E-state index in [1.165, 1.54) is 4.90 Å². The van der Waals surface area contributed by atoms with E-state index in [9.17, 15) is 14.4 Å². The van der Waals surface area contributed by atoms with E-state index in [2.05, 4.69) is 24.1 Å². The third-order valence-corrected chi connectivity index (χ3v) is 8.41. The van der Waals surface area contributed by atoms with Crippen LogP contribution in [-0.2, 0) is 11.2 Å². The Kier molecular flexibility index (Phi) is 6.65. The van der Waals surface area contributed by atoms with Gasteiger partial charge < -0.3 is 29.9 Å². The first-order valence-corrected chi connectivity index (χ1v) is 13.2. The fraction of sp³-hybridized carbons (Fsp3) is 0.500. The van der Waals surface area contributed by atoms with Crippen molar-refractivity contribution in [2.24, 2.45) is 5.41 Å². The molecule has 2 fully saturated rings. The molecule has 192 valence electrons. The molecular formula is C26H32N4O5S. The lowest BCUT2D eigenvalue weighted by molar-refractivity contribution is 0.0917. The number of hydrogen-bond donors (Lipinski definition) is 2. The molecule has 0 bridgehead atoms. The molecule has 1 aromatic heterocycles. The molecule has 2 saturated heterocycles. The predicted octanol–water partition coefficient (Wildman–Crippen LogP) is 4.23. The number of amides is 3. The summed E-state index contributed by atoms with van der Waals surface area (Å²) in [5.41, 5.74) is 3.74. The largest absolute Gasteiger partial charge is 0.465 e. The third kappa shape index (κ3) is 4.92. The van der Waals surface area contributed by atoms with Gasteiger partial charge in [-0.1, -0.05) is 26.0 Å². The first kappa shape index (κ1) is 24.6. The van der Waals surface area contributed by atoms with E-state index >= 15 is 0 Å². The van der Waals surface area contributed by atoms with Gasteiger partial charge >= 0.3 is 12.1 Å². The number of Topliss-reactive ketones (excluding diaryl/α,β-unsaturated/α-hetero) is 1. The van der Waals surface area contributed by atoms with Crippen molar-refractivity contribution in [1.82, 2.24) is 9.80 Å². The molecule has 3 amide bonds. The van der Waals surface area contributed by atoms with E-state index in [0.29, 0.717) is 51.5 Å². The second-order valence-corrected chi connectivity index (χ2v) is 11.4. The average molecular weight is 513 g/mol. The molecular weight excluding hydrogens is 480 g/mol. The first-order chi connectivity index (χ1) is 17.2. The molecule has 10 heteroatoms. The van der Waals surface area contributed by atoms with Crippen LogP contribution >= 0.6 is 11.3 Å². The minimum atomic E-state index is -0.959. The van der Waals surface area contributed by atoms with Gasteiger partial charge in [0.25, 0.3) is 0 Å². The predicted molar refractivity (Wildman–Crippen MR) is 139 cm³/mol. The van der Waals surface area contributed by atoms with E-state index in [0.717, 1.165) is 46.1 Å². The molecule has 2 aliphatic heterocycles. The Morgan fingerprint density at radius 2 is 1.72 bits per heavy atom. The Morgan fingerprint density at radius 3 is 2.42 bits per heavy atom. The van der Waals surface area contributed by atoms with Gasteiger partial charge in [0.05, 0.1) is 23.1 Å². The monoisotopic (exact) mass is 512 g/mol. The molecule has 2 aromatic rings. The number of anilines is 2. The van der Waals surface area contributed by atoms with Gasteiger partial charge in [0.1, 0.15) is 0 Å². The summed E-state index contributed by atoms with van der Waals surface area (Å²) >= 11 is 1.59. The molecule has 3 aliphatic rings. The van der Waals surface area contributed by atoms with Crippen molar-refractivity contribution in [1.29, 1.82) is 0 Å². The summed E-state index contributed by atoms with van der Waals surface area (Å²) in [6.07, 6.45) is 0.419. The van der Waals surface area contributed by atoms with Crippen LogP contribution in [0.1, 0.15) is 35.5 Å². The standard InChI is InChI=1S/C26H32N4O5S/c1-26(2)15-19-21(23(28-10-12-35-13-11-28)36-22(19)20(31)16-26)17-4-3-5-18(14-17)27-24(32)29-6-8-30(9-7-29)25(33)34/h3-5,14H,6-13,15-16H2,1-2H3,(H,27,32)(H,33,34). The maximum Gasteiger partial charge on any atom is 0.407 e. The van der Waals surface area contributed by atoms with Crippen LogP contribution in [-0.4, -0.2) is 85.3 Å². The maximum absolute atomic E-state index is 13.1. The molecule has 0 spiro atoms. The van der Waals surface area contributed by atoms with Gasteiger partial charge in [-0.05, 0) is 35.1 Å². The number of hydrogen-bond acceptors (Lipinski definition) is 6. The summed E-state index contributed by atoms with van der Waals surface area (Å²) in [5.74, 6) is 0.206. The molecule has 0 unspecified atom stereocenters. The van der Waals surface area contributed by atoms with Crippen molar-refractivity contribution in [2.45, 2.75) is 26.7 Å². The molecule has 9 nitrogen and oxygen atoms in total. The van der Waals surface area contributed by atoms with Gasteiger partial charge in [-0.15, -0.1) is 11.3 Å². The number of ether oxygens (including phenoxy) is 1. The van der Waals surface area contributed by atoms with Gasteiger partial charge in [0, 0.05) is 56.9 Å². The number of thiophene rings is 1. The molecule has 1 aromatic carbocycles. The zero-order valence-corrected chi connectivity index (χ0v) is 21.5. The summed E-state index contributed by atoms with van der Waals surface area (Å²) in [4.78, 5) is 43.3. The third-order valence-electron chi connectivity index (χ3n) is 7.07. The van der Waals surface area contributed by atoms with Crippen LogP contribution in [0.5, 0.6) is 0 Å². The number of carbonyl (C=O) groups is 3. The highest BCUT2D eigenvalue weighted by molar-refractivity contribution is 7.19. The Balaban J connectivity index is 1.44. The molecule has 0 atom stereocenters. The number of benzene rings is 1. The summed E-state index contributed by atoms with van der Waals surface area (Å²) < 4.78 is 5.57. The quantitative estimate of drug-likeness (QED) is 0.638. The van der Waals surface area contributed by atoms with Crippen molar-refractivity contribution in [3.63, 3.8) is 0 Å². The van der Waals surface area contributed by atoms with Crippen molar-refractivity contribution >= 4 is 39.9 Å². The number of urea groups is 1. The van der Waals surface area contributed by atoms with Crippen LogP contribution in [0, 0.1) is 5.41 Å². The Bertz CT molecular complexity index is 1180. The smallest absolute Gasteiger partial charge is 0.407 e. The lowest BCUT2D eigenvalue weighted by atomic mass is 9.75. The van der Waals surface area contributed by atoms with Crippen LogP contribution in [0.15, 0.2) is 24.3 Å². The Labute approximate surface area is 214 Å². The van der Waals surface area contributed by atoms with E-state index < -0.39 is 6.09 Å². The highest BCUT2D eigenvalue weighted by atomic mass is 32.1. The fourth-order valence-corrected chi connectivity index (χ4v) is 6.58. The van der Waals surface area contributed by atoms with Crippen LogP contribution in [0.3, 0.4) is 0 Å². The zero-order chi connectivity index (χ0) is 25.4. The van der Waals surface area contributed by atoms with E-state index in [1.54, 1.807) is 16.2 Å². The first-order valence-electron chi connectivity index (χ1n) is 12.4. The SMILES string of the molecule is CC1(C)CC(=O)c2sc(N3CCOCC3)c(-c3cccc(NC(=O)N4CCN(C(=O)O)CC4)c3)c2C1. The highest BCUT2D eigenvalue weighted by Gasteiger charge is 2.37. The van der Waals surface area contributed by atoms with Gasteiger partial charge in [-0.2, -0.15) is 0 Å².